The van der Waals surface area contributed by atoms with Gasteiger partial charge in [-0.2, -0.15) is 0 Å². The molecule has 3 atom stereocenters. The van der Waals surface area contributed by atoms with E-state index in [1.807, 2.05) is 6.92 Å². The van der Waals surface area contributed by atoms with Gasteiger partial charge in [0.15, 0.2) is 0 Å². The molecule has 0 saturated carbocycles. The summed E-state index contributed by atoms with van der Waals surface area (Å²) in [7, 11) is 0. The van der Waals surface area contributed by atoms with Crippen LogP contribution in [0.1, 0.15) is 53.4 Å². The maximum absolute atomic E-state index is 12.2. The van der Waals surface area contributed by atoms with Gasteiger partial charge >= 0.3 is 0 Å². The molecule has 1 heterocycles. The molecule has 3 unspecified atom stereocenters. The Hall–Kier alpha value is -0.360. The van der Waals surface area contributed by atoms with Crippen molar-refractivity contribution in [2.24, 2.45) is 11.7 Å². The summed E-state index contributed by atoms with van der Waals surface area (Å²) in [6, 6.07) is 0. The van der Waals surface area contributed by atoms with Crippen LogP contribution in [0.4, 0.5) is 0 Å². The highest BCUT2D eigenvalue weighted by Gasteiger charge is 2.28. The van der Waals surface area contributed by atoms with Gasteiger partial charge in [-0.1, -0.05) is 13.8 Å². The van der Waals surface area contributed by atoms with E-state index in [9.17, 15) is 4.79 Å². The second kappa shape index (κ2) is 10.4. The molecule has 22 heavy (non-hydrogen) atoms. The standard InChI is InChI=1S/C16H32N2O3.ClH/c1-12(2)9-16(4,11-17)18-15(19)13(3)21-10-14-7-5-6-8-20-14;/h12-14H,5-11,17H2,1-4H3,(H,18,19);1H. The summed E-state index contributed by atoms with van der Waals surface area (Å²) in [5, 5.41) is 3.03. The predicted molar refractivity (Wildman–Crippen MR) is 91.3 cm³/mol. The highest BCUT2D eigenvalue weighted by Crippen LogP contribution is 2.16. The summed E-state index contributed by atoms with van der Waals surface area (Å²) in [5.74, 6) is 0.380. The second-order valence-electron chi connectivity index (χ2n) is 6.82. The minimum Gasteiger partial charge on any atom is -0.376 e. The van der Waals surface area contributed by atoms with Crippen LogP contribution in [-0.2, 0) is 14.3 Å². The van der Waals surface area contributed by atoms with E-state index < -0.39 is 6.10 Å². The number of hydrogen-bond acceptors (Lipinski definition) is 4. The monoisotopic (exact) mass is 336 g/mol. The van der Waals surface area contributed by atoms with E-state index >= 15 is 0 Å². The van der Waals surface area contributed by atoms with E-state index in [0.29, 0.717) is 19.1 Å². The van der Waals surface area contributed by atoms with Crippen LogP contribution in [0.5, 0.6) is 0 Å². The van der Waals surface area contributed by atoms with Crippen molar-refractivity contribution in [3.05, 3.63) is 0 Å². The van der Waals surface area contributed by atoms with Gasteiger partial charge in [-0.15, -0.1) is 12.4 Å². The zero-order valence-electron chi connectivity index (χ0n) is 14.4. The van der Waals surface area contributed by atoms with Gasteiger partial charge in [0.05, 0.1) is 12.7 Å². The molecule has 3 N–H and O–H groups in total. The van der Waals surface area contributed by atoms with E-state index in [1.165, 1.54) is 6.42 Å². The number of nitrogens with two attached hydrogens (primary N) is 1. The number of ether oxygens (including phenoxy) is 2. The van der Waals surface area contributed by atoms with Crippen molar-refractivity contribution in [2.75, 3.05) is 19.8 Å². The molecule has 0 aromatic heterocycles. The van der Waals surface area contributed by atoms with Crippen LogP contribution in [0.15, 0.2) is 0 Å². The summed E-state index contributed by atoms with van der Waals surface area (Å²) >= 11 is 0. The third-order valence-electron chi connectivity index (χ3n) is 3.91. The van der Waals surface area contributed by atoms with Crippen LogP contribution in [0.2, 0.25) is 0 Å². The fourth-order valence-electron chi connectivity index (χ4n) is 2.75. The second-order valence-corrected chi connectivity index (χ2v) is 6.82. The number of nitrogens with one attached hydrogen (secondary N) is 1. The van der Waals surface area contributed by atoms with E-state index in [4.69, 9.17) is 15.2 Å². The van der Waals surface area contributed by atoms with Crippen LogP contribution in [0.3, 0.4) is 0 Å². The van der Waals surface area contributed by atoms with Gasteiger partial charge < -0.3 is 20.5 Å². The van der Waals surface area contributed by atoms with Gasteiger partial charge in [-0.05, 0) is 45.4 Å². The number of carbonyl (C=O) groups excluding carboxylic acids is 1. The quantitative estimate of drug-likeness (QED) is 0.713. The van der Waals surface area contributed by atoms with Crippen molar-refractivity contribution in [3.63, 3.8) is 0 Å². The van der Waals surface area contributed by atoms with Gasteiger partial charge in [0.1, 0.15) is 6.10 Å². The number of carbonyl (C=O) groups is 1. The molecule has 1 amide bonds. The smallest absolute Gasteiger partial charge is 0.249 e. The third kappa shape index (κ3) is 7.77. The molecule has 5 nitrogen and oxygen atoms in total. The van der Waals surface area contributed by atoms with Gasteiger partial charge in [0.25, 0.3) is 0 Å². The number of hydrogen-bond donors (Lipinski definition) is 2. The van der Waals surface area contributed by atoms with E-state index in [1.54, 1.807) is 6.92 Å². The molecule has 1 saturated heterocycles. The van der Waals surface area contributed by atoms with Crippen molar-refractivity contribution in [1.29, 1.82) is 0 Å². The number of amides is 1. The molecular weight excluding hydrogens is 304 g/mol. The molecule has 0 spiro atoms. The minimum absolute atomic E-state index is 0. The molecule has 1 fully saturated rings. The van der Waals surface area contributed by atoms with Crippen LogP contribution in [0, 0.1) is 5.92 Å². The van der Waals surface area contributed by atoms with Gasteiger partial charge in [0, 0.05) is 18.7 Å². The molecule has 1 rings (SSSR count). The highest BCUT2D eigenvalue weighted by molar-refractivity contribution is 5.85. The Morgan fingerprint density at radius 1 is 1.41 bits per heavy atom. The van der Waals surface area contributed by atoms with Crippen LogP contribution in [0.25, 0.3) is 0 Å². The van der Waals surface area contributed by atoms with Crippen molar-refractivity contribution >= 4 is 18.3 Å². The third-order valence-corrected chi connectivity index (χ3v) is 3.91. The molecule has 1 aliphatic heterocycles. The summed E-state index contributed by atoms with van der Waals surface area (Å²) in [6.07, 6.45) is 3.82. The summed E-state index contributed by atoms with van der Waals surface area (Å²) in [4.78, 5) is 12.2. The van der Waals surface area contributed by atoms with Crippen LogP contribution >= 0.6 is 12.4 Å². The van der Waals surface area contributed by atoms with Crippen LogP contribution in [-0.4, -0.2) is 43.4 Å². The first-order chi connectivity index (χ1) is 9.86. The lowest BCUT2D eigenvalue weighted by molar-refractivity contribution is -0.137. The first kappa shape index (κ1) is 21.6. The van der Waals surface area contributed by atoms with Gasteiger partial charge in [0.2, 0.25) is 5.91 Å². The Morgan fingerprint density at radius 2 is 2.09 bits per heavy atom. The molecule has 0 bridgehead atoms. The fourth-order valence-corrected chi connectivity index (χ4v) is 2.75. The molecule has 132 valence electrons. The zero-order valence-corrected chi connectivity index (χ0v) is 15.2. The molecule has 0 aliphatic carbocycles. The molecule has 1 aliphatic rings. The first-order valence-electron chi connectivity index (χ1n) is 8.11. The first-order valence-corrected chi connectivity index (χ1v) is 8.11. The average Bonchev–Trinajstić information content (AvgIpc) is 2.44. The van der Waals surface area contributed by atoms with Crippen LogP contribution < -0.4 is 11.1 Å². The normalized spacial score (nSPS) is 22.5. The SMILES string of the molecule is CC(C)CC(C)(CN)NC(=O)C(C)OCC1CCCCO1.Cl. The summed E-state index contributed by atoms with van der Waals surface area (Å²) in [6.45, 7) is 9.73. The zero-order chi connectivity index (χ0) is 15.9. The van der Waals surface area contributed by atoms with E-state index in [2.05, 4.69) is 19.2 Å². The maximum atomic E-state index is 12.2. The topological polar surface area (TPSA) is 73.6 Å². The van der Waals surface area contributed by atoms with Crippen molar-refractivity contribution in [1.82, 2.24) is 5.32 Å². The van der Waals surface area contributed by atoms with Crippen molar-refractivity contribution in [2.45, 2.75) is 71.1 Å². The fraction of sp³-hybridized carbons (Fsp3) is 0.938. The largest absolute Gasteiger partial charge is 0.376 e. The lowest BCUT2D eigenvalue weighted by Gasteiger charge is -2.32. The Bertz CT molecular complexity index is 323. The number of halogens is 1. The molecule has 0 radical (unpaired) electrons. The lowest BCUT2D eigenvalue weighted by atomic mass is 9.90. The summed E-state index contributed by atoms with van der Waals surface area (Å²) in [5.41, 5.74) is 5.45. The van der Waals surface area contributed by atoms with E-state index in [-0.39, 0.29) is 30.0 Å². The number of rotatable bonds is 8. The Balaban J connectivity index is 0.00000441. The molecule has 6 heteroatoms. The lowest BCUT2D eigenvalue weighted by Crippen LogP contribution is -2.54. The molecule has 0 aromatic rings. The maximum Gasteiger partial charge on any atom is 0.249 e. The molecule has 0 aromatic carbocycles. The minimum atomic E-state index is -0.478. The van der Waals surface area contributed by atoms with Crippen molar-refractivity contribution < 1.29 is 14.3 Å². The predicted octanol–water partition coefficient (Wildman–Crippen LogP) is 2.26. The highest BCUT2D eigenvalue weighted by atomic mass is 35.5. The molecular formula is C16H33ClN2O3. The summed E-state index contributed by atoms with van der Waals surface area (Å²) < 4.78 is 11.3. The Morgan fingerprint density at radius 3 is 2.59 bits per heavy atom. The van der Waals surface area contributed by atoms with Crippen molar-refractivity contribution in [3.8, 4) is 0 Å². The van der Waals surface area contributed by atoms with E-state index in [0.717, 1.165) is 25.9 Å². The van der Waals surface area contributed by atoms with Gasteiger partial charge in [-0.25, -0.2) is 0 Å². The Labute approximate surface area is 141 Å². The average molecular weight is 337 g/mol. The van der Waals surface area contributed by atoms with Gasteiger partial charge in [-0.3, -0.25) is 4.79 Å². The Kier molecular flexibility index (Phi) is 10.3.